The lowest BCUT2D eigenvalue weighted by molar-refractivity contribution is 0.125. The minimum atomic E-state index is -3.94. The van der Waals surface area contributed by atoms with Crippen LogP contribution in [0.2, 0.25) is 10.0 Å². The second-order valence-corrected chi connectivity index (χ2v) is 12.9. The molecule has 2 rings (SSSR count). The van der Waals surface area contributed by atoms with E-state index in [2.05, 4.69) is 0 Å². The van der Waals surface area contributed by atoms with E-state index in [-0.39, 0.29) is 43.9 Å². The molecule has 2 aromatic rings. The van der Waals surface area contributed by atoms with Crippen molar-refractivity contribution in [1.29, 1.82) is 0 Å². The number of halogens is 3. The topological polar surface area (TPSA) is 107 Å². The van der Waals surface area contributed by atoms with E-state index in [1.165, 1.54) is 31.2 Å². The van der Waals surface area contributed by atoms with Crippen LogP contribution in [0.15, 0.2) is 46.2 Å². The first kappa shape index (κ1) is 28.0. The first-order valence-corrected chi connectivity index (χ1v) is 14.5. The lowest BCUT2D eigenvalue weighted by Crippen LogP contribution is -2.28. The highest BCUT2D eigenvalue weighted by molar-refractivity contribution is 7.91. The normalized spacial score (nSPS) is 14.0. The molecule has 12 heteroatoms. The molecule has 0 radical (unpaired) electrons. The maximum absolute atomic E-state index is 13.0. The third-order valence-electron chi connectivity index (χ3n) is 4.52. The first-order valence-electron chi connectivity index (χ1n) is 9.93. The number of sulfone groups is 2. The number of alkyl halides is 1. The van der Waals surface area contributed by atoms with Gasteiger partial charge in [0, 0.05) is 17.6 Å². The SMILES string of the molecule is CCS(=O)(=O)C[C@@H](O)COc1c(Cl)cc(S(=O)(=O)c2ccc(OC[C@H](C)CCl)cc2)cc1Cl. The van der Waals surface area contributed by atoms with Gasteiger partial charge in [0.2, 0.25) is 9.84 Å². The minimum Gasteiger partial charge on any atom is -0.493 e. The molecule has 7 nitrogen and oxygen atoms in total. The van der Waals surface area contributed by atoms with Crippen molar-refractivity contribution in [3.8, 4) is 11.5 Å². The van der Waals surface area contributed by atoms with Crippen LogP contribution in [-0.4, -0.2) is 58.6 Å². The molecule has 0 aromatic heterocycles. The molecule has 184 valence electrons. The van der Waals surface area contributed by atoms with Crippen molar-refractivity contribution in [3.63, 3.8) is 0 Å². The van der Waals surface area contributed by atoms with E-state index in [1.54, 1.807) is 12.1 Å². The van der Waals surface area contributed by atoms with Crippen molar-refractivity contribution in [1.82, 2.24) is 0 Å². The fourth-order valence-corrected chi connectivity index (χ4v) is 5.65. The summed E-state index contributed by atoms with van der Waals surface area (Å²) in [5.41, 5.74) is 0. The van der Waals surface area contributed by atoms with Crippen molar-refractivity contribution in [2.45, 2.75) is 29.7 Å². The summed E-state index contributed by atoms with van der Waals surface area (Å²) >= 11 is 18.1. The standard InChI is InChI=1S/C21H25Cl3O7S2/c1-3-32(26,27)13-15(25)12-31-21-19(23)8-18(9-20(21)24)33(28,29)17-6-4-16(5-7-17)30-11-14(2)10-22/h4-9,14-15,25H,3,10-13H2,1-2H3/t14-,15+/m1/s1. The zero-order valence-corrected chi connectivity index (χ0v) is 21.9. The molecular weight excluding hydrogens is 535 g/mol. The summed E-state index contributed by atoms with van der Waals surface area (Å²) in [6.07, 6.45) is -1.29. The smallest absolute Gasteiger partial charge is 0.206 e. The van der Waals surface area contributed by atoms with Crippen LogP contribution in [0.3, 0.4) is 0 Å². The summed E-state index contributed by atoms with van der Waals surface area (Å²) < 4.78 is 60.1. The van der Waals surface area contributed by atoms with Gasteiger partial charge in [0.25, 0.3) is 0 Å². The van der Waals surface area contributed by atoms with Crippen LogP contribution in [0.1, 0.15) is 13.8 Å². The summed E-state index contributed by atoms with van der Waals surface area (Å²) in [6, 6.07) is 8.26. The molecule has 0 bridgehead atoms. The van der Waals surface area contributed by atoms with Gasteiger partial charge in [-0.1, -0.05) is 37.0 Å². The van der Waals surface area contributed by atoms with Crippen LogP contribution in [0.25, 0.3) is 0 Å². The highest BCUT2D eigenvalue weighted by atomic mass is 35.5. The molecule has 0 aliphatic carbocycles. The van der Waals surface area contributed by atoms with E-state index in [1.807, 2.05) is 6.92 Å². The summed E-state index contributed by atoms with van der Waals surface area (Å²) in [6.45, 7) is 3.43. The molecule has 0 heterocycles. The van der Waals surface area contributed by atoms with E-state index in [0.29, 0.717) is 18.2 Å². The van der Waals surface area contributed by atoms with Gasteiger partial charge in [0.15, 0.2) is 15.6 Å². The van der Waals surface area contributed by atoms with E-state index in [0.717, 1.165) is 0 Å². The van der Waals surface area contributed by atoms with Crippen molar-refractivity contribution in [2.24, 2.45) is 5.92 Å². The number of rotatable bonds is 12. The molecule has 0 unspecified atom stereocenters. The van der Waals surface area contributed by atoms with Crippen molar-refractivity contribution in [2.75, 3.05) is 30.6 Å². The second kappa shape index (κ2) is 12.0. The van der Waals surface area contributed by atoms with Crippen LogP contribution in [-0.2, 0) is 19.7 Å². The van der Waals surface area contributed by atoms with E-state index in [4.69, 9.17) is 44.3 Å². The molecule has 0 saturated carbocycles. The third-order valence-corrected chi connectivity index (χ3v) is 9.13. The van der Waals surface area contributed by atoms with Gasteiger partial charge >= 0.3 is 0 Å². The molecular formula is C21H25Cl3O7S2. The molecule has 2 aromatic carbocycles. The Kier molecular flexibility index (Phi) is 10.1. The maximum atomic E-state index is 13.0. The molecule has 0 aliphatic rings. The van der Waals surface area contributed by atoms with E-state index in [9.17, 15) is 21.9 Å². The quantitative estimate of drug-likeness (QED) is 0.387. The number of benzene rings is 2. The van der Waals surface area contributed by atoms with Crippen molar-refractivity contribution < 1.29 is 31.4 Å². The van der Waals surface area contributed by atoms with Gasteiger partial charge in [0.1, 0.15) is 18.5 Å². The molecule has 1 N–H and O–H groups in total. The highest BCUT2D eigenvalue weighted by Gasteiger charge is 2.23. The monoisotopic (exact) mass is 558 g/mol. The third kappa shape index (κ3) is 7.90. The van der Waals surface area contributed by atoms with E-state index >= 15 is 0 Å². The Balaban J connectivity index is 2.17. The Morgan fingerprint density at radius 3 is 2.03 bits per heavy atom. The van der Waals surface area contributed by atoms with Crippen LogP contribution in [0.5, 0.6) is 11.5 Å². The summed E-state index contributed by atoms with van der Waals surface area (Å²) in [4.78, 5) is -0.135. The van der Waals surface area contributed by atoms with Gasteiger partial charge in [-0.2, -0.15) is 0 Å². The van der Waals surface area contributed by atoms with Crippen molar-refractivity contribution >= 4 is 54.5 Å². The van der Waals surface area contributed by atoms with Gasteiger partial charge in [-0.25, -0.2) is 16.8 Å². The molecule has 0 saturated heterocycles. The highest BCUT2D eigenvalue weighted by Crippen LogP contribution is 2.37. The predicted molar refractivity (Wildman–Crippen MR) is 130 cm³/mol. The fourth-order valence-electron chi connectivity index (χ4n) is 2.60. The van der Waals surface area contributed by atoms with Crippen molar-refractivity contribution in [3.05, 3.63) is 46.4 Å². The van der Waals surface area contributed by atoms with Crippen LogP contribution >= 0.6 is 34.8 Å². The number of aliphatic hydroxyl groups is 1. The average molecular weight is 560 g/mol. The number of hydrogen-bond acceptors (Lipinski definition) is 7. The summed E-state index contributed by atoms with van der Waals surface area (Å²) in [5.74, 6) is 0.465. The molecule has 33 heavy (non-hydrogen) atoms. The predicted octanol–water partition coefficient (Wildman–Crippen LogP) is 4.25. The lowest BCUT2D eigenvalue weighted by Gasteiger charge is -2.15. The molecule has 0 fully saturated rings. The average Bonchev–Trinajstić information content (AvgIpc) is 2.76. The number of aliphatic hydroxyl groups excluding tert-OH is 1. The summed E-state index contributed by atoms with van der Waals surface area (Å²) in [7, 11) is -7.34. The Bertz CT molecular complexity index is 1130. The van der Waals surface area contributed by atoms with Gasteiger partial charge < -0.3 is 14.6 Å². The zero-order valence-electron chi connectivity index (χ0n) is 18.0. The number of ether oxygens (including phenoxy) is 2. The van der Waals surface area contributed by atoms with Gasteiger partial charge in [0.05, 0.1) is 32.2 Å². The van der Waals surface area contributed by atoms with Gasteiger partial charge in [-0.05, 0) is 36.4 Å². The van der Waals surface area contributed by atoms with E-state index < -0.39 is 31.5 Å². The Morgan fingerprint density at radius 2 is 1.52 bits per heavy atom. The number of hydrogen-bond donors (Lipinski definition) is 1. The van der Waals surface area contributed by atoms with Crippen LogP contribution < -0.4 is 9.47 Å². The molecule has 0 amide bonds. The lowest BCUT2D eigenvalue weighted by atomic mass is 10.2. The first-order chi connectivity index (χ1) is 15.4. The minimum absolute atomic E-state index is 0.0150. The molecule has 0 spiro atoms. The second-order valence-electron chi connectivity index (χ2n) is 7.43. The maximum Gasteiger partial charge on any atom is 0.206 e. The largest absolute Gasteiger partial charge is 0.493 e. The van der Waals surface area contributed by atoms with Gasteiger partial charge in [-0.3, -0.25) is 0 Å². The van der Waals surface area contributed by atoms with Gasteiger partial charge in [-0.15, -0.1) is 11.6 Å². The van der Waals surface area contributed by atoms with Crippen LogP contribution in [0, 0.1) is 5.92 Å². The Morgan fingerprint density at radius 1 is 0.939 bits per heavy atom. The Labute approximate surface area is 209 Å². The summed E-state index contributed by atoms with van der Waals surface area (Å²) in [5, 5.41) is 9.70. The zero-order chi connectivity index (χ0) is 24.8. The van der Waals surface area contributed by atoms with Crippen LogP contribution in [0.4, 0.5) is 0 Å². The molecule has 0 aliphatic heterocycles. The molecule has 2 atom stereocenters. The Hall–Kier alpha value is -1.23. The fraction of sp³-hybridized carbons (Fsp3) is 0.429.